The first-order valence-electron chi connectivity index (χ1n) is 13.6. The van der Waals surface area contributed by atoms with Crippen LogP contribution in [0.15, 0.2) is 84.9 Å². The molecule has 1 aliphatic carbocycles. The van der Waals surface area contributed by atoms with E-state index in [0.29, 0.717) is 0 Å². The monoisotopic (exact) mass is 488 g/mol. The SMILES string of the molecule is Cc1cc(C)cc(-c2c3c(c(-c4cc(C)cc(C)c4)c4cc(C)ccc24)-c2ccc(C)c4cccc-3c24)c1. The Bertz CT molecular complexity index is 1930. The average molecular weight is 489 g/mol. The molecule has 1 aliphatic rings. The molecule has 0 nitrogen and oxygen atoms in total. The summed E-state index contributed by atoms with van der Waals surface area (Å²) in [6, 6.07) is 32.6. The van der Waals surface area contributed by atoms with Crippen LogP contribution in [-0.2, 0) is 0 Å². The van der Waals surface area contributed by atoms with Gasteiger partial charge in [0.05, 0.1) is 0 Å². The fraction of sp³-hybridized carbons (Fsp3) is 0.158. The molecule has 38 heavy (non-hydrogen) atoms. The third kappa shape index (κ3) is 3.30. The highest BCUT2D eigenvalue weighted by Crippen LogP contribution is 2.58. The number of benzene rings is 6. The van der Waals surface area contributed by atoms with Gasteiger partial charge in [0.1, 0.15) is 0 Å². The zero-order valence-electron chi connectivity index (χ0n) is 23.1. The molecule has 0 fully saturated rings. The van der Waals surface area contributed by atoms with Gasteiger partial charge in [-0.3, -0.25) is 0 Å². The average Bonchev–Trinajstić information content (AvgIpc) is 3.18. The zero-order chi connectivity index (χ0) is 26.3. The van der Waals surface area contributed by atoms with Gasteiger partial charge in [-0.1, -0.05) is 113 Å². The third-order valence-electron chi connectivity index (χ3n) is 8.28. The number of aryl methyl sites for hydroxylation is 6. The molecule has 0 aliphatic heterocycles. The first-order valence-corrected chi connectivity index (χ1v) is 13.6. The molecular weight excluding hydrogens is 456 g/mol. The zero-order valence-corrected chi connectivity index (χ0v) is 23.1. The molecule has 6 aromatic rings. The summed E-state index contributed by atoms with van der Waals surface area (Å²) in [4.78, 5) is 0. The van der Waals surface area contributed by atoms with Crippen molar-refractivity contribution >= 4 is 21.5 Å². The van der Waals surface area contributed by atoms with E-state index in [4.69, 9.17) is 0 Å². The van der Waals surface area contributed by atoms with Crippen molar-refractivity contribution in [2.45, 2.75) is 41.5 Å². The van der Waals surface area contributed by atoms with Gasteiger partial charge in [0.15, 0.2) is 0 Å². The molecule has 0 atom stereocenters. The largest absolute Gasteiger partial charge is 0.0610 e. The van der Waals surface area contributed by atoms with Crippen LogP contribution < -0.4 is 0 Å². The van der Waals surface area contributed by atoms with Gasteiger partial charge in [0, 0.05) is 0 Å². The van der Waals surface area contributed by atoms with Crippen LogP contribution in [0.25, 0.3) is 66.1 Å². The summed E-state index contributed by atoms with van der Waals surface area (Å²) < 4.78 is 0. The molecular formula is C38H32. The molecule has 0 amide bonds. The second-order valence-corrected chi connectivity index (χ2v) is 11.5. The van der Waals surface area contributed by atoms with E-state index in [1.807, 2.05) is 0 Å². The van der Waals surface area contributed by atoms with E-state index in [2.05, 4.69) is 126 Å². The Hall–Kier alpha value is -4.16. The van der Waals surface area contributed by atoms with E-state index in [9.17, 15) is 0 Å². The molecule has 7 rings (SSSR count). The molecule has 6 aromatic carbocycles. The van der Waals surface area contributed by atoms with E-state index in [0.717, 1.165) is 0 Å². The summed E-state index contributed by atoms with van der Waals surface area (Å²) in [5.41, 5.74) is 18.7. The minimum absolute atomic E-state index is 1.29. The molecule has 0 saturated carbocycles. The number of rotatable bonds is 2. The van der Waals surface area contributed by atoms with E-state index in [1.165, 1.54) is 99.4 Å². The van der Waals surface area contributed by atoms with Crippen molar-refractivity contribution in [2.24, 2.45) is 0 Å². The first kappa shape index (κ1) is 23.0. The molecule has 0 radical (unpaired) electrons. The highest BCUT2D eigenvalue weighted by Gasteiger charge is 2.31. The van der Waals surface area contributed by atoms with Gasteiger partial charge in [0.25, 0.3) is 0 Å². The fourth-order valence-corrected chi connectivity index (χ4v) is 6.95. The Kier molecular flexibility index (Phi) is 4.94. The van der Waals surface area contributed by atoms with Crippen LogP contribution in [0.4, 0.5) is 0 Å². The Labute approximate surface area is 225 Å². The van der Waals surface area contributed by atoms with Gasteiger partial charge >= 0.3 is 0 Å². The standard InChI is InChI=1S/C38H32/c1-21-10-12-30-33(20-21)35(28-18-24(4)15-25(5)19-28)38-32-13-11-26(6)29-8-7-9-31(36(29)32)37(38)34(30)27-16-22(2)14-23(3)17-27/h7-20H,1-6H3. The van der Waals surface area contributed by atoms with E-state index < -0.39 is 0 Å². The van der Waals surface area contributed by atoms with E-state index >= 15 is 0 Å². The Balaban J connectivity index is 1.78. The van der Waals surface area contributed by atoms with Gasteiger partial charge in [-0.25, -0.2) is 0 Å². The van der Waals surface area contributed by atoms with Gasteiger partial charge in [-0.2, -0.15) is 0 Å². The number of hydrogen-bond acceptors (Lipinski definition) is 0. The molecule has 0 aromatic heterocycles. The van der Waals surface area contributed by atoms with Crippen molar-refractivity contribution in [1.29, 1.82) is 0 Å². The second-order valence-electron chi connectivity index (χ2n) is 11.5. The molecule has 0 spiro atoms. The van der Waals surface area contributed by atoms with Crippen molar-refractivity contribution < 1.29 is 0 Å². The Morgan fingerprint density at radius 1 is 0.368 bits per heavy atom. The fourth-order valence-electron chi connectivity index (χ4n) is 6.95. The molecule has 0 N–H and O–H groups in total. The van der Waals surface area contributed by atoms with Crippen LogP contribution in [0.3, 0.4) is 0 Å². The van der Waals surface area contributed by atoms with Crippen LogP contribution in [0.5, 0.6) is 0 Å². The third-order valence-corrected chi connectivity index (χ3v) is 8.28. The van der Waals surface area contributed by atoms with Crippen molar-refractivity contribution in [1.82, 2.24) is 0 Å². The highest BCUT2D eigenvalue weighted by atomic mass is 14.3. The molecule has 0 heteroatoms. The smallest absolute Gasteiger partial charge is 0.000741 e. The summed E-state index contributed by atoms with van der Waals surface area (Å²) in [6.45, 7) is 13.3. The lowest BCUT2D eigenvalue weighted by molar-refractivity contribution is 1.38. The molecule has 0 bridgehead atoms. The lowest BCUT2D eigenvalue weighted by Gasteiger charge is -2.22. The normalized spacial score (nSPS) is 11.9. The Morgan fingerprint density at radius 2 is 0.921 bits per heavy atom. The van der Waals surface area contributed by atoms with E-state index in [1.54, 1.807) is 0 Å². The second kappa shape index (κ2) is 8.17. The first-order chi connectivity index (χ1) is 18.3. The number of hydrogen-bond donors (Lipinski definition) is 0. The molecule has 0 heterocycles. The van der Waals surface area contributed by atoms with Crippen LogP contribution in [0.1, 0.15) is 33.4 Å². The van der Waals surface area contributed by atoms with Gasteiger partial charge in [0.2, 0.25) is 0 Å². The van der Waals surface area contributed by atoms with Crippen molar-refractivity contribution in [3.8, 4) is 44.5 Å². The van der Waals surface area contributed by atoms with Gasteiger partial charge in [-0.05, 0) is 113 Å². The highest BCUT2D eigenvalue weighted by molar-refractivity contribution is 6.27. The van der Waals surface area contributed by atoms with E-state index in [-0.39, 0.29) is 0 Å². The maximum absolute atomic E-state index is 2.41. The van der Waals surface area contributed by atoms with Gasteiger partial charge in [-0.15, -0.1) is 0 Å². The lowest BCUT2D eigenvalue weighted by atomic mass is 9.81. The lowest BCUT2D eigenvalue weighted by Crippen LogP contribution is -1.95. The molecule has 0 saturated heterocycles. The minimum Gasteiger partial charge on any atom is -0.0610 e. The van der Waals surface area contributed by atoms with Crippen molar-refractivity contribution in [3.63, 3.8) is 0 Å². The maximum atomic E-state index is 2.41. The topological polar surface area (TPSA) is 0 Å². The summed E-state index contributed by atoms with van der Waals surface area (Å²) >= 11 is 0. The van der Waals surface area contributed by atoms with Crippen molar-refractivity contribution in [3.05, 3.63) is 118 Å². The Morgan fingerprint density at radius 3 is 1.53 bits per heavy atom. The van der Waals surface area contributed by atoms with Crippen LogP contribution in [-0.4, -0.2) is 0 Å². The summed E-state index contributed by atoms with van der Waals surface area (Å²) in [6.07, 6.45) is 0. The van der Waals surface area contributed by atoms with Gasteiger partial charge < -0.3 is 0 Å². The quantitative estimate of drug-likeness (QED) is 0.227. The molecule has 0 unspecified atom stereocenters. The number of fused-ring (bicyclic) bond motifs is 4. The van der Waals surface area contributed by atoms with Crippen LogP contribution in [0.2, 0.25) is 0 Å². The predicted molar refractivity (Wildman–Crippen MR) is 165 cm³/mol. The molecule has 184 valence electrons. The van der Waals surface area contributed by atoms with Crippen molar-refractivity contribution in [2.75, 3.05) is 0 Å². The van der Waals surface area contributed by atoms with Crippen LogP contribution in [0, 0.1) is 41.5 Å². The summed E-state index contributed by atoms with van der Waals surface area (Å²) in [7, 11) is 0. The summed E-state index contributed by atoms with van der Waals surface area (Å²) in [5, 5.41) is 5.42. The van der Waals surface area contributed by atoms with Crippen LogP contribution >= 0.6 is 0 Å². The predicted octanol–water partition coefficient (Wildman–Crippen LogP) is 10.8. The minimum atomic E-state index is 1.29. The maximum Gasteiger partial charge on any atom is -0.000741 e. The summed E-state index contributed by atoms with van der Waals surface area (Å²) in [5.74, 6) is 0.